The summed E-state index contributed by atoms with van der Waals surface area (Å²) < 4.78 is 2.03. The molecule has 0 saturated heterocycles. The lowest BCUT2D eigenvalue weighted by molar-refractivity contribution is 0.224. The number of imidazole rings is 1. The Morgan fingerprint density at radius 2 is 2.11 bits per heavy atom. The zero-order chi connectivity index (χ0) is 13.8. The van der Waals surface area contributed by atoms with Crippen LogP contribution in [-0.4, -0.2) is 44.1 Å². The number of aliphatic hydroxyl groups is 1. The van der Waals surface area contributed by atoms with Gasteiger partial charge in [0.05, 0.1) is 5.69 Å². The largest absolute Gasteiger partial charge is 0.396 e. The first-order valence-corrected chi connectivity index (χ1v) is 6.79. The van der Waals surface area contributed by atoms with E-state index in [2.05, 4.69) is 41.0 Å². The summed E-state index contributed by atoms with van der Waals surface area (Å²) >= 11 is 0. The zero-order valence-electron chi connectivity index (χ0n) is 11.9. The van der Waals surface area contributed by atoms with Crippen LogP contribution in [0.25, 0.3) is 5.78 Å². The highest BCUT2D eigenvalue weighted by Gasteiger charge is 2.09. The molecule has 0 aromatic carbocycles. The van der Waals surface area contributed by atoms with Gasteiger partial charge in [-0.25, -0.2) is 9.97 Å². The third-order valence-electron chi connectivity index (χ3n) is 3.28. The van der Waals surface area contributed by atoms with Crippen molar-refractivity contribution in [1.82, 2.24) is 19.3 Å². The van der Waals surface area contributed by atoms with E-state index in [-0.39, 0.29) is 6.61 Å². The number of rotatable bonds is 6. The molecule has 0 aliphatic rings. The molecule has 104 valence electrons. The van der Waals surface area contributed by atoms with Crippen molar-refractivity contribution < 1.29 is 5.11 Å². The normalized spacial score (nSPS) is 11.6. The molecule has 19 heavy (non-hydrogen) atoms. The van der Waals surface area contributed by atoms with Crippen LogP contribution < -0.4 is 0 Å². The van der Waals surface area contributed by atoms with E-state index >= 15 is 0 Å². The monoisotopic (exact) mass is 262 g/mol. The topological polar surface area (TPSA) is 53.7 Å². The Morgan fingerprint density at radius 1 is 1.32 bits per heavy atom. The molecule has 5 heteroatoms. The Bertz CT molecular complexity index is 550. The minimum atomic E-state index is 0.238. The van der Waals surface area contributed by atoms with Crippen LogP contribution in [-0.2, 0) is 6.54 Å². The first kappa shape index (κ1) is 14.0. The Labute approximate surface area is 113 Å². The fraction of sp³-hybridized carbons (Fsp3) is 0.571. The van der Waals surface area contributed by atoms with Gasteiger partial charge in [-0.3, -0.25) is 9.30 Å². The fourth-order valence-corrected chi connectivity index (χ4v) is 2.27. The maximum absolute atomic E-state index is 8.90. The third-order valence-corrected chi connectivity index (χ3v) is 3.28. The maximum atomic E-state index is 8.90. The minimum absolute atomic E-state index is 0.238. The number of fused-ring (bicyclic) bond motifs is 1. The molecule has 2 rings (SSSR count). The van der Waals surface area contributed by atoms with Gasteiger partial charge < -0.3 is 5.11 Å². The Morgan fingerprint density at radius 3 is 2.79 bits per heavy atom. The standard InChI is InChI=1S/C14H22N4O/c1-4-17(6-5-7-19)9-13-10-18-12(3)8-11(2)15-14(18)16-13/h8,10,19H,4-7,9H2,1-3H3. The third kappa shape index (κ3) is 3.30. The minimum Gasteiger partial charge on any atom is -0.396 e. The van der Waals surface area contributed by atoms with E-state index in [9.17, 15) is 0 Å². The van der Waals surface area contributed by atoms with Gasteiger partial charge in [0.2, 0.25) is 5.78 Å². The first-order valence-electron chi connectivity index (χ1n) is 6.79. The van der Waals surface area contributed by atoms with Crippen molar-refractivity contribution in [2.75, 3.05) is 19.7 Å². The molecule has 0 radical (unpaired) electrons. The van der Waals surface area contributed by atoms with Crippen LogP contribution in [0.4, 0.5) is 0 Å². The lowest BCUT2D eigenvalue weighted by Crippen LogP contribution is -2.24. The summed E-state index contributed by atoms with van der Waals surface area (Å²) in [5, 5.41) is 8.90. The second-order valence-corrected chi connectivity index (χ2v) is 4.89. The van der Waals surface area contributed by atoms with Gasteiger partial charge >= 0.3 is 0 Å². The first-order chi connectivity index (χ1) is 9.13. The number of aromatic nitrogens is 3. The highest BCUT2D eigenvalue weighted by molar-refractivity contribution is 5.34. The van der Waals surface area contributed by atoms with Gasteiger partial charge in [-0.05, 0) is 32.9 Å². The molecular formula is C14H22N4O. The van der Waals surface area contributed by atoms with Crippen LogP contribution in [0.5, 0.6) is 0 Å². The smallest absolute Gasteiger partial charge is 0.234 e. The molecule has 0 saturated carbocycles. The average molecular weight is 262 g/mol. The summed E-state index contributed by atoms with van der Waals surface area (Å²) in [6.45, 7) is 9.07. The van der Waals surface area contributed by atoms with Gasteiger partial charge in [-0.2, -0.15) is 0 Å². The van der Waals surface area contributed by atoms with Crippen LogP contribution in [0, 0.1) is 13.8 Å². The molecule has 0 fully saturated rings. The van der Waals surface area contributed by atoms with Gasteiger partial charge in [0, 0.05) is 37.3 Å². The lowest BCUT2D eigenvalue weighted by Gasteiger charge is -2.18. The van der Waals surface area contributed by atoms with Gasteiger partial charge in [0.15, 0.2) is 0 Å². The van der Waals surface area contributed by atoms with E-state index in [1.165, 1.54) is 0 Å². The van der Waals surface area contributed by atoms with E-state index in [0.717, 1.165) is 48.9 Å². The van der Waals surface area contributed by atoms with Crippen LogP contribution >= 0.6 is 0 Å². The molecule has 5 nitrogen and oxygen atoms in total. The van der Waals surface area contributed by atoms with Crippen molar-refractivity contribution in [2.45, 2.75) is 33.7 Å². The molecule has 0 atom stereocenters. The summed E-state index contributed by atoms with van der Waals surface area (Å²) in [7, 11) is 0. The molecule has 2 aromatic heterocycles. The Hall–Kier alpha value is -1.46. The number of aryl methyl sites for hydroxylation is 2. The van der Waals surface area contributed by atoms with Crippen LogP contribution in [0.3, 0.4) is 0 Å². The summed E-state index contributed by atoms with van der Waals surface area (Å²) in [6, 6.07) is 2.06. The summed E-state index contributed by atoms with van der Waals surface area (Å²) in [5.41, 5.74) is 3.18. The predicted molar refractivity (Wildman–Crippen MR) is 75.1 cm³/mol. The average Bonchev–Trinajstić information content (AvgIpc) is 2.77. The van der Waals surface area contributed by atoms with E-state index in [1.54, 1.807) is 0 Å². The van der Waals surface area contributed by atoms with Gasteiger partial charge in [0.1, 0.15) is 0 Å². The molecule has 0 unspecified atom stereocenters. The van der Waals surface area contributed by atoms with Crippen molar-refractivity contribution in [3.05, 3.63) is 29.3 Å². The molecule has 1 N–H and O–H groups in total. The van der Waals surface area contributed by atoms with E-state index in [0.29, 0.717) is 0 Å². The molecule has 0 spiro atoms. The van der Waals surface area contributed by atoms with E-state index < -0.39 is 0 Å². The SMILES string of the molecule is CCN(CCCO)Cc1cn2c(C)cc(C)nc2n1. The van der Waals surface area contributed by atoms with Crippen molar-refractivity contribution in [2.24, 2.45) is 0 Å². The number of hydrogen-bond acceptors (Lipinski definition) is 4. The maximum Gasteiger partial charge on any atom is 0.234 e. The van der Waals surface area contributed by atoms with E-state index in [4.69, 9.17) is 5.11 Å². The fourth-order valence-electron chi connectivity index (χ4n) is 2.27. The highest BCUT2D eigenvalue weighted by atomic mass is 16.3. The molecule has 0 amide bonds. The molecule has 0 aliphatic heterocycles. The Kier molecular flexibility index (Phi) is 4.50. The number of nitrogens with zero attached hydrogens (tertiary/aromatic N) is 4. The summed E-state index contributed by atoms with van der Waals surface area (Å²) in [4.78, 5) is 11.3. The second-order valence-electron chi connectivity index (χ2n) is 4.89. The highest BCUT2D eigenvalue weighted by Crippen LogP contribution is 2.10. The molecular weight excluding hydrogens is 240 g/mol. The summed E-state index contributed by atoms with van der Waals surface area (Å²) in [5.74, 6) is 0.769. The molecule has 2 aromatic rings. The number of aliphatic hydroxyl groups excluding tert-OH is 1. The van der Waals surface area contributed by atoms with Gasteiger partial charge in [0.25, 0.3) is 0 Å². The van der Waals surface area contributed by atoms with Crippen molar-refractivity contribution in [1.29, 1.82) is 0 Å². The van der Waals surface area contributed by atoms with Gasteiger partial charge in [-0.1, -0.05) is 6.92 Å². The van der Waals surface area contributed by atoms with Crippen molar-refractivity contribution >= 4 is 5.78 Å². The Balaban J connectivity index is 2.18. The second kappa shape index (κ2) is 6.12. The zero-order valence-corrected chi connectivity index (χ0v) is 11.9. The quantitative estimate of drug-likeness (QED) is 0.858. The van der Waals surface area contributed by atoms with Crippen molar-refractivity contribution in [3.63, 3.8) is 0 Å². The van der Waals surface area contributed by atoms with Crippen LogP contribution in [0.1, 0.15) is 30.4 Å². The predicted octanol–water partition coefficient (Wildman–Crippen LogP) is 1.55. The number of hydrogen-bond donors (Lipinski definition) is 1. The molecule has 2 heterocycles. The van der Waals surface area contributed by atoms with Crippen molar-refractivity contribution in [3.8, 4) is 0 Å². The van der Waals surface area contributed by atoms with Gasteiger partial charge in [-0.15, -0.1) is 0 Å². The lowest BCUT2D eigenvalue weighted by atomic mass is 10.3. The molecule has 0 bridgehead atoms. The van der Waals surface area contributed by atoms with Crippen LogP contribution in [0.2, 0.25) is 0 Å². The van der Waals surface area contributed by atoms with Crippen LogP contribution in [0.15, 0.2) is 12.3 Å². The molecule has 0 aliphatic carbocycles. The summed E-state index contributed by atoms with van der Waals surface area (Å²) in [6.07, 6.45) is 2.86. The van der Waals surface area contributed by atoms with E-state index in [1.807, 2.05) is 11.3 Å².